The quantitative estimate of drug-likeness (QED) is 0.671. The Morgan fingerprint density at radius 3 is 2.54 bits per heavy atom. The zero-order valence-corrected chi connectivity index (χ0v) is 15.8. The molecule has 26 heavy (non-hydrogen) atoms. The van der Waals surface area contributed by atoms with Gasteiger partial charge in [-0.15, -0.1) is 5.10 Å². The van der Waals surface area contributed by atoms with E-state index < -0.39 is 0 Å². The van der Waals surface area contributed by atoms with E-state index in [0.29, 0.717) is 16.0 Å². The topological polar surface area (TPSA) is 68.8 Å². The lowest BCUT2D eigenvalue weighted by atomic mass is 9.93. The van der Waals surface area contributed by atoms with Crippen LogP contribution in [0.4, 0.5) is 11.9 Å². The summed E-state index contributed by atoms with van der Waals surface area (Å²) in [6.07, 6.45) is 1.82. The number of aromatic nitrogens is 3. The van der Waals surface area contributed by atoms with E-state index in [4.69, 9.17) is 28.9 Å². The average Bonchev–Trinajstić information content (AvgIpc) is 3.03. The highest BCUT2D eigenvalue weighted by molar-refractivity contribution is 6.42. The minimum absolute atomic E-state index is 0.0386. The van der Waals surface area contributed by atoms with Crippen molar-refractivity contribution in [3.63, 3.8) is 0 Å². The van der Waals surface area contributed by atoms with Gasteiger partial charge in [0.05, 0.1) is 22.1 Å². The molecule has 1 aliphatic heterocycles. The first kappa shape index (κ1) is 17.2. The van der Waals surface area contributed by atoms with Gasteiger partial charge < -0.3 is 11.1 Å². The largest absolute Gasteiger partial charge is 0.366 e. The number of hydrogen-bond donors (Lipinski definition) is 2. The molecule has 3 aromatic rings. The van der Waals surface area contributed by atoms with Gasteiger partial charge >= 0.3 is 0 Å². The Morgan fingerprint density at radius 1 is 1.12 bits per heavy atom. The molecule has 4 rings (SSSR count). The van der Waals surface area contributed by atoms with Crippen LogP contribution >= 0.6 is 23.2 Å². The number of hydrogen-bond acceptors (Lipinski definition) is 4. The molecule has 0 fully saturated rings. The fourth-order valence-electron chi connectivity index (χ4n) is 3.39. The van der Waals surface area contributed by atoms with Crippen molar-refractivity contribution < 1.29 is 0 Å². The van der Waals surface area contributed by atoms with Crippen molar-refractivity contribution in [2.75, 3.05) is 11.1 Å². The monoisotopic (exact) mass is 387 g/mol. The van der Waals surface area contributed by atoms with Gasteiger partial charge in [-0.05, 0) is 41.7 Å². The third kappa shape index (κ3) is 3.13. The predicted molar refractivity (Wildman–Crippen MR) is 106 cm³/mol. The molecule has 7 heteroatoms. The van der Waals surface area contributed by atoms with Gasteiger partial charge in [-0.3, -0.25) is 0 Å². The van der Waals surface area contributed by atoms with Crippen molar-refractivity contribution in [3.8, 4) is 0 Å². The van der Waals surface area contributed by atoms with Gasteiger partial charge in [0.2, 0.25) is 11.9 Å². The standard InChI is InChI=1S/C19H19Cl2N5/c1-2-11-3-5-12(6-4-11)17-10-16(13-7-8-14(20)15(21)9-13)23-19-24-18(22)25-26(17)19/h3-9,16-17H,2,10H2,1H3,(H3,22,23,24,25). The van der Waals surface area contributed by atoms with E-state index in [9.17, 15) is 0 Å². The lowest BCUT2D eigenvalue weighted by Crippen LogP contribution is -2.28. The van der Waals surface area contributed by atoms with E-state index in [2.05, 4.69) is 46.6 Å². The number of fused-ring (bicyclic) bond motifs is 1. The summed E-state index contributed by atoms with van der Waals surface area (Å²) in [6, 6.07) is 14.4. The van der Waals surface area contributed by atoms with Gasteiger partial charge in [-0.25, -0.2) is 4.68 Å². The lowest BCUT2D eigenvalue weighted by Gasteiger charge is -2.32. The summed E-state index contributed by atoms with van der Waals surface area (Å²) in [5.74, 6) is 0.923. The molecule has 0 amide bonds. The van der Waals surface area contributed by atoms with Gasteiger partial charge in [0, 0.05) is 0 Å². The number of nitrogens with one attached hydrogen (secondary N) is 1. The molecule has 134 valence electrons. The molecule has 1 aromatic heterocycles. The molecule has 2 atom stereocenters. The first-order valence-corrected chi connectivity index (χ1v) is 9.33. The molecular weight excluding hydrogens is 369 g/mol. The minimum Gasteiger partial charge on any atom is -0.366 e. The van der Waals surface area contributed by atoms with E-state index in [1.54, 1.807) is 0 Å². The van der Waals surface area contributed by atoms with Crippen LogP contribution in [0.3, 0.4) is 0 Å². The molecule has 0 saturated heterocycles. The van der Waals surface area contributed by atoms with Gasteiger partial charge in [0.1, 0.15) is 0 Å². The van der Waals surface area contributed by atoms with Gasteiger partial charge in [0.25, 0.3) is 0 Å². The fraction of sp³-hybridized carbons (Fsp3) is 0.263. The number of benzene rings is 2. The van der Waals surface area contributed by atoms with Crippen molar-refractivity contribution >= 4 is 35.1 Å². The summed E-state index contributed by atoms with van der Waals surface area (Å²) in [4.78, 5) is 4.34. The normalized spacial score (nSPS) is 19.0. The maximum absolute atomic E-state index is 6.21. The maximum Gasteiger partial charge on any atom is 0.241 e. The molecule has 0 bridgehead atoms. The van der Waals surface area contributed by atoms with Crippen LogP contribution in [0.2, 0.25) is 10.0 Å². The van der Waals surface area contributed by atoms with Crippen molar-refractivity contribution in [1.29, 1.82) is 0 Å². The van der Waals surface area contributed by atoms with Crippen molar-refractivity contribution in [3.05, 3.63) is 69.2 Å². The molecule has 0 radical (unpaired) electrons. The number of halogens is 2. The van der Waals surface area contributed by atoms with Crippen LogP contribution in [0, 0.1) is 0 Å². The summed E-state index contributed by atoms with van der Waals surface area (Å²) in [5.41, 5.74) is 9.40. The van der Waals surface area contributed by atoms with Crippen molar-refractivity contribution in [1.82, 2.24) is 14.8 Å². The summed E-state index contributed by atoms with van der Waals surface area (Å²) >= 11 is 12.3. The number of nitrogens with zero attached hydrogens (tertiary/aromatic N) is 3. The van der Waals surface area contributed by atoms with E-state index in [-0.39, 0.29) is 18.0 Å². The van der Waals surface area contributed by atoms with Crippen LogP contribution in [-0.2, 0) is 6.42 Å². The average molecular weight is 388 g/mol. The number of anilines is 2. The highest BCUT2D eigenvalue weighted by Gasteiger charge is 2.31. The number of rotatable bonds is 3. The third-order valence-electron chi connectivity index (χ3n) is 4.82. The number of nitrogens with two attached hydrogens (primary N) is 1. The number of nitrogen functional groups attached to an aromatic ring is 1. The highest BCUT2D eigenvalue weighted by atomic mass is 35.5. The zero-order chi connectivity index (χ0) is 18.3. The molecule has 0 spiro atoms. The SMILES string of the molecule is CCc1ccc(C2CC(c3ccc(Cl)c(Cl)c3)Nc3nc(N)nn32)cc1. The Kier molecular flexibility index (Phi) is 4.51. The predicted octanol–water partition coefficient (Wildman–Crippen LogP) is 4.88. The minimum atomic E-state index is 0.0386. The smallest absolute Gasteiger partial charge is 0.241 e. The molecule has 2 unspecified atom stereocenters. The molecule has 5 nitrogen and oxygen atoms in total. The van der Waals surface area contributed by atoms with E-state index in [0.717, 1.165) is 18.4 Å². The summed E-state index contributed by atoms with van der Waals surface area (Å²) in [5, 5.41) is 8.89. The molecule has 2 heterocycles. The molecule has 1 aliphatic rings. The first-order chi connectivity index (χ1) is 12.5. The maximum atomic E-state index is 6.21. The molecular formula is C19H19Cl2N5. The van der Waals surface area contributed by atoms with Gasteiger partial charge in [0.15, 0.2) is 0 Å². The Labute approximate surface area is 162 Å². The second-order valence-corrected chi connectivity index (χ2v) is 7.27. The van der Waals surface area contributed by atoms with Crippen LogP contribution in [-0.4, -0.2) is 14.8 Å². The Bertz CT molecular complexity index is 936. The second-order valence-electron chi connectivity index (χ2n) is 6.46. The Balaban J connectivity index is 1.73. The van der Waals surface area contributed by atoms with Crippen molar-refractivity contribution in [2.24, 2.45) is 0 Å². The van der Waals surface area contributed by atoms with Crippen LogP contribution in [0.5, 0.6) is 0 Å². The molecule has 2 aromatic carbocycles. The second kappa shape index (κ2) is 6.82. The van der Waals surface area contributed by atoms with E-state index in [1.165, 1.54) is 11.1 Å². The first-order valence-electron chi connectivity index (χ1n) is 8.57. The molecule has 3 N–H and O–H groups in total. The summed E-state index contributed by atoms with van der Waals surface area (Å²) in [7, 11) is 0. The van der Waals surface area contributed by atoms with Crippen LogP contribution < -0.4 is 11.1 Å². The van der Waals surface area contributed by atoms with E-state index in [1.807, 2.05) is 22.9 Å². The lowest BCUT2D eigenvalue weighted by molar-refractivity contribution is 0.431. The zero-order valence-electron chi connectivity index (χ0n) is 14.3. The van der Waals surface area contributed by atoms with Gasteiger partial charge in [-0.2, -0.15) is 4.98 Å². The van der Waals surface area contributed by atoms with Gasteiger partial charge in [-0.1, -0.05) is 60.5 Å². The Hall–Kier alpha value is -2.24. The Morgan fingerprint density at radius 2 is 1.85 bits per heavy atom. The summed E-state index contributed by atoms with van der Waals surface area (Å²) < 4.78 is 1.87. The summed E-state index contributed by atoms with van der Waals surface area (Å²) in [6.45, 7) is 2.15. The molecule has 0 aliphatic carbocycles. The van der Waals surface area contributed by atoms with E-state index >= 15 is 0 Å². The highest BCUT2D eigenvalue weighted by Crippen LogP contribution is 2.39. The van der Waals surface area contributed by atoms with Crippen LogP contribution in [0.25, 0.3) is 0 Å². The van der Waals surface area contributed by atoms with Crippen LogP contribution in [0.1, 0.15) is 42.1 Å². The van der Waals surface area contributed by atoms with Crippen molar-refractivity contribution in [2.45, 2.75) is 31.8 Å². The van der Waals surface area contributed by atoms with Crippen LogP contribution in [0.15, 0.2) is 42.5 Å². The number of aryl methyl sites for hydroxylation is 1. The fourth-order valence-corrected chi connectivity index (χ4v) is 3.70. The third-order valence-corrected chi connectivity index (χ3v) is 5.56. The molecule has 0 saturated carbocycles.